The third-order valence-electron chi connectivity index (χ3n) is 4.17. The molecule has 2 N–H and O–H groups in total. The van der Waals surface area contributed by atoms with Gasteiger partial charge in [0.1, 0.15) is 12.1 Å². The lowest BCUT2D eigenvalue weighted by molar-refractivity contribution is -0.146. The Kier molecular flexibility index (Phi) is 8.82. The number of hydrogen-bond donors (Lipinski definition) is 2. The maximum Gasteiger partial charge on any atom is 0.328 e. The number of ether oxygens (including phenoxy) is 1. The Balaban J connectivity index is 2.67. The summed E-state index contributed by atoms with van der Waals surface area (Å²) >= 11 is 0. The molecule has 0 aliphatic carbocycles. The Morgan fingerprint density at radius 1 is 0.923 bits per heavy atom. The molecule has 0 aromatic heterocycles. The summed E-state index contributed by atoms with van der Waals surface area (Å²) in [6.07, 6.45) is 0.904. The van der Waals surface area contributed by atoms with Crippen molar-refractivity contribution < 1.29 is 19.1 Å². The summed E-state index contributed by atoms with van der Waals surface area (Å²) < 4.78 is 4.74. The van der Waals surface area contributed by atoms with E-state index in [1.807, 2.05) is 58.0 Å². The number of hydrogen-bond acceptors (Lipinski definition) is 4. The molecular weight excluding hydrogens is 332 g/mol. The van der Waals surface area contributed by atoms with Gasteiger partial charge in [0.25, 0.3) is 0 Å². The molecule has 0 saturated carbocycles. The smallest absolute Gasteiger partial charge is 0.328 e. The predicted octanol–water partition coefficient (Wildman–Crippen LogP) is 2.07. The van der Waals surface area contributed by atoms with Crippen molar-refractivity contribution in [2.45, 2.75) is 52.6 Å². The number of nitrogens with one attached hydrogen (secondary N) is 2. The monoisotopic (exact) mass is 362 g/mol. The first-order valence-electron chi connectivity index (χ1n) is 8.97. The van der Waals surface area contributed by atoms with E-state index in [-0.39, 0.29) is 23.7 Å². The molecule has 0 radical (unpaired) electrons. The molecule has 0 unspecified atom stereocenters. The van der Waals surface area contributed by atoms with Crippen molar-refractivity contribution in [1.82, 2.24) is 10.6 Å². The third kappa shape index (κ3) is 6.86. The van der Waals surface area contributed by atoms with Crippen LogP contribution in [0, 0.1) is 11.8 Å². The molecule has 0 fully saturated rings. The minimum atomic E-state index is -0.741. The second-order valence-electron chi connectivity index (χ2n) is 7.03. The Bertz CT molecular complexity index is 599. The number of esters is 1. The maximum atomic E-state index is 12.6. The minimum Gasteiger partial charge on any atom is -0.467 e. The number of carbonyl (C=O) groups excluding carboxylic acids is 3. The van der Waals surface area contributed by atoms with Gasteiger partial charge in [0.15, 0.2) is 0 Å². The molecule has 0 bridgehead atoms. The highest BCUT2D eigenvalue weighted by Crippen LogP contribution is 2.08. The first-order chi connectivity index (χ1) is 12.3. The Labute approximate surface area is 155 Å². The van der Waals surface area contributed by atoms with Crippen LogP contribution in [0.15, 0.2) is 30.3 Å². The first-order valence-corrected chi connectivity index (χ1v) is 8.97. The van der Waals surface area contributed by atoms with E-state index in [4.69, 9.17) is 4.74 Å². The topological polar surface area (TPSA) is 84.5 Å². The van der Waals surface area contributed by atoms with E-state index in [2.05, 4.69) is 10.6 Å². The van der Waals surface area contributed by atoms with Gasteiger partial charge < -0.3 is 15.4 Å². The highest BCUT2D eigenvalue weighted by atomic mass is 16.5. The zero-order valence-corrected chi connectivity index (χ0v) is 16.2. The van der Waals surface area contributed by atoms with Crippen LogP contribution < -0.4 is 10.6 Å². The van der Waals surface area contributed by atoms with Crippen LogP contribution in [-0.4, -0.2) is 37.0 Å². The van der Waals surface area contributed by atoms with Crippen molar-refractivity contribution in [2.75, 3.05) is 7.11 Å². The first kappa shape index (κ1) is 21.7. The van der Waals surface area contributed by atoms with Crippen LogP contribution in [-0.2, 0) is 25.5 Å². The van der Waals surface area contributed by atoms with Gasteiger partial charge in [0.05, 0.1) is 7.11 Å². The van der Waals surface area contributed by atoms with Gasteiger partial charge in [-0.1, -0.05) is 58.0 Å². The van der Waals surface area contributed by atoms with Crippen LogP contribution in [0.4, 0.5) is 0 Å². The van der Waals surface area contributed by atoms with Crippen molar-refractivity contribution in [3.8, 4) is 0 Å². The Morgan fingerprint density at radius 3 is 2.00 bits per heavy atom. The third-order valence-corrected chi connectivity index (χ3v) is 4.17. The quantitative estimate of drug-likeness (QED) is 0.659. The van der Waals surface area contributed by atoms with E-state index in [0.29, 0.717) is 12.8 Å². The molecule has 0 heterocycles. The van der Waals surface area contributed by atoms with E-state index < -0.39 is 18.1 Å². The summed E-state index contributed by atoms with van der Waals surface area (Å²) in [4.78, 5) is 36.7. The van der Waals surface area contributed by atoms with Crippen LogP contribution in [0.3, 0.4) is 0 Å². The van der Waals surface area contributed by atoms with Gasteiger partial charge in [-0.25, -0.2) is 4.79 Å². The summed E-state index contributed by atoms with van der Waals surface area (Å²) in [5.74, 6) is -1.29. The summed E-state index contributed by atoms with van der Waals surface area (Å²) in [5, 5.41) is 5.48. The average molecular weight is 362 g/mol. The number of aryl methyl sites for hydroxylation is 1. The molecule has 2 atom stereocenters. The molecule has 1 aromatic carbocycles. The molecule has 2 amide bonds. The van der Waals surface area contributed by atoms with Crippen LogP contribution in [0.25, 0.3) is 0 Å². The summed E-state index contributed by atoms with van der Waals surface area (Å²) in [7, 11) is 1.29. The maximum absolute atomic E-state index is 12.6. The van der Waals surface area contributed by atoms with Crippen molar-refractivity contribution >= 4 is 17.8 Å². The highest BCUT2D eigenvalue weighted by Gasteiger charge is 2.30. The fourth-order valence-electron chi connectivity index (χ4n) is 2.55. The molecule has 0 aliphatic heterocycles. The highest BCUT2D eigenvalue weighted by molar-refractivity contribution is 5.91. The van der Waals surface area contributed by atoms with Gasteiger partial charge in [0.2, 0.25) is 11.8 Å². The predicted molar refractivity (Wildman–Crippen MR) is 100 cm³/mol. The molecule has 26 heavy (non-hydrogen) atoms. The fourth-order valence-corrected chi connectivity index (χ4v) is 2.55. The molecule has 6 heteroatoms. The number of methoxy groups -OCH3 is 1. The van der Waals surface area contributed by atoms with Gasteiger partial charge in [-0.2, -0.15) is 0 Å². The van der Waals surface area contributed by atoms with Crippen LogP contribution >= 0.6 is 0 Å². The van der Waals surface area contributed by atoms with Crippen LogP contribution in [0.5, 0.6) is 0 Å². The van der Waals surface area contributed by atoms with E-state index in [0.717, 1.165) is 5.56 Å². The lowest BCUT2D eigenvalue weighted by Crippen LogP contribution is -2.55. The number of amides is 2. The molecule has 0 saturated heterocycles. The van der Waals surface area contributed by atoms with Gasteiger partial charge in [0, 0.05) is 6.42 Å². The van der Waals surface area contributed by atoms with Crippen molar-refractivity contribution in [2.24, 2.45) is 11.8 Å². The van der Waals surface area contributed by atoms with E-state index in [1.54, 1.807) is 0 Å². The molecule has 1 aromatic rings. The largest absolute Gasteiger partial charge is 0.467 e. The average Bonchev–Trinajstić information content (AvgIpc) is 2.61. The van der Waals surface area contributed by atoms with Gasteiger partial charge in [-0.05, 0) is 23.8 Å². The van der Waals surface area contributed by atoms with E-state index in [9.17, 15) is 14.4 Å². The van der Waals surface area contributed by atoms with Gasteiger partial charge >= 0.3 is 5.97 Å². The Hall–Kier alpha value is -2.37. The molecule has 0 spiro atoms. The van der Waals surface area contributed by atoms with Crippen molar-refractivity contribution in [3.63, 3.8) is 0 Å². The summed E-state index contributed by atoms with van der Waals surface area (Å²) in [6, 6.07) is 8.26. The second kappa shape index (κ2) is 10.6. The SMILES string of the molecule is COC(=O)[C@@H](NC(=O)[C@@H](NC(=O)CCc1ccccc1)C(C)C)C(C)C. The van der Waals surface area contributed by atoms with Gasteiger partial charge in [-0.15, -0.1) is 0 Å². The van der Waals surface area contributed by atoms with Crippen LogP contribution in [0.2, 0.25) is 0 Å². The molecular formula is C20H30N2O4. The van der Waals surface area contributed by atoms with E-state index in [1.165, 1.54) is 7.11 Å². The Morgan fingerprint density at radius 2 is 1.50 bits per heavy atom. The number of benzene rings is 1. The molecule has 0 aliphatic rings. The number of rotatable bonds is 9. The summed E-state index contributed by atoms with van der Waals surface area (Å²) in [6.45, 7) is 7.35. The van der Waals surface area contributed by atoms with Gasteiger partial charge in [-0.3, -0.25) is 9.59 Å². The molecule has 144 valence electrons. The van der Waals surface area contributed by atoms with E-state index >= 15 is 0 Å². The molecule has 1 rings (SSSR count). The zero-order chi connectivity index (χ0) is 19.7. The zero-order valence-electron chi connectivity index (χ0n) is 16.2. The lowest BCUT2D eigenvalue weighted by Gasteiger charge is -2.26. The normalized spacial score (nSPS) is 13.2. The fraction of sp³-hybridized carbons (Fsp3) is 0.550. The number of carbonyl (C=O) groups is 3. The molecule has 6 nitrogen and oxygen atoms in total. The minimum absolute atomic E-state index is 0.110. The summed E-state index contributed by atoms with van der Waals surface area (Å²) in [5.41, 5.74) is 1.07. The van der Waals surface area contributed by atoms with Crippen molar-refractivity contribution in [3.05, 3.63) is 35.9 Å². The lowest BCUT2D eigenvalue weighted by atomic mass is 10.00. The van der Waals surface area contributed by atoms with Crippen molar-refractivity contribution in [1.29, 1.82) is 0 Å². The second-order valence-corrected chi connectivity index (χ2v) is 7.03. The standard InChI is InChI=1S/C20H30N2O4/c1-13(2)17(19(24)22-18(14(3)4)20(25)26-5)21-16(23)12-11-15-9-7-6-8-10-15/h6-10,13-14,17-18H,11-12H2,1-5H3,(H,21,23)(H,22,24)/t17-,18-/m0/s1. The van der Waals surface area contributed by atoms with Crippen LogP contribution in [0.1, 0.15) is 39.7 Å².